The Morgan fingerprint density at radius 3 is 3.10 bits per heavy atom. The predicted octanol–water partition coefficient (Wildman–Crippen LogP) is 0.101. The summed E-state index contributed by atoms with van der Waals surface area (Å²) < 4.78 is 0. The lowest BCUT2D eigenvalue weighted by Gasteiger charge is -1.94. The standard InChI is InChI=1S/C6H12N4/c1-2-8-4-6-9-3-5(7)10-6/h3,8H,2,4,7H2,1H3,(H,9,10). The van der Waals surface area contributed by atoms with Crippen molar-refractivity contribution in [1.29, 1.82) is 0 Å². The zero-order chi connectivity index (χ0) is 7.40. The van der Waals surface area contributed by atoms with E-state index in [4.69, 9.17) is 5.73 Å². The van der Waals surface area contributed by atoms with Gasteiger partial charge in [-0.25, -0.2) is 4.98 Å². The van der Waals surface area contributed by atoms with Gasteiger partial charge in [-0.1, -0.05) is 6.92 Å². The van der Waals surface area contributed by atoms with Crippen molar-refractivity contribution in [2.45, 2.75) is 13.5 Å². The number of aromatic nitrogens is 2. The maximum atomic E-state index is 5.38. The van der Waals surface area contributed by atoms with Crippen LogP contribution < -0.4 is 11.1 Å². The quantitative estimate of drug-likeness (QED) is 0.558. The van der Waals surface area contributed by atoms with E-state index in [1.807, 2.05) is 6.92 Å². The minimum absolute atomic E-state index is 0.549. The van der Waals surface area contributed by atoms with Gasteiger partial charge >= 0.3 is 0 Å². The smallest absolute Gasteiger partial charge is 0.141 e. The van der Waals surface area contributed by atoms with Gasteiger partial charge in [0.2, 0.25) is 0 Å². The number of aromatic amines is 1. The Hall–Kier alpha value is -1.03. The molecule has 0 aliphatic carbocycles. The molecule has 0 amide bonds. The van der Waals surface area contributed by atoms with Gasteiger partial charge in [-0.15, -0.1) is 0 Å². The Bertz CT molecular complexity index is 193. The number of nitrogen functional groups attached to an aromatic ring is 1. The first kappa shape index (κ1) is 7.08. The SMILES string of the molecule is CCNCc1nc(N)c[nH]1. The van der Waals surface area contributed by atoms with Crippen molar-refractivity contribution in [2.75, 3.05) is 12.3 Å². The van der Waals surface area contributed by atoms with E-state index in [0.717, 1.165) is 18.9 Å². The third-order valence-electron chi connectivity index (χ3n) is 1.19. The summed E-state index contributed by atoms with van der Waals surface area (Å²) in [6, 6.07) is 0. The molecule has 0 spiro atoms. The summed E-state index contributed by atoms with van der Waals surface area (Å²) in [4.78, 5) is 6.95. The molecule has 1 heterocycles. The van der Waals surface area contributed by atoms with Gasteiger partial charge in [0.05, 0.1) is 6.54 Å². The number of H-pyrrole nitrogens is 1. The molecule has 0 aromatic carbocycles. The number of hydrogen-bond acceptors (Lipinski definition) is 3. The Morgan fingerprint density at radius 1 is 1.80 bits per heavy atom. The van der Waals surface area contributed by atoms with Crippen molar-refractivity contribution in [3.05, 3.63) is 12.0 Å². The molecule has 1 rings (SSSR count). The van der Waals surface area contributed by atoms with Gasteiger partial charge in [0, 0.05) is 6.20 Å². The van der Waals surface area contributed by atoms with Crippen molar-refractivity contribution in [1.82, 2.24) is 15.3 Å². The number of nitrogens with one attached hydrogen (secondary N) is 2. The fourth-order valence-corrected chi connectivity index (χ4v) is 0.712. The predicted molar refractivity (Wildman–Crippen MR) is 40.4 cm³/mol. The molecule has 0 fully saturated rings. The van der Waals surface area contributed by atoms with Gasteiger partial charge in [-0.3, -0.25) is 0 Å². The molecule has 4 heteroatoms. The van der Waals surface area contributed by atoms with Crippen LogP contribution in [0, 0.1) is 0 Å². The molecule has 0 atom stereocenters. The first-order chi connectivity index (χ1) is 4.83. The summed E-state index contributed by atoms with van der Waals surface area (Å²) in [5.74, 6) is 1.44. The molecule has 10 heavy (non-hydrogen) atoms. The fourth-order valence-electron chi connectivity index (χ4n) is 0.712. The van der Waals surface area contributed by atoms with Crippen LogP contribution in [0.1, 0.15) is 12.7 Å². The summed E-state index contributed by atoms with van der Waals surface area (Å²) >= 11 is 0. The van der Waals surface area contributed by atoms with Gasteiger partial charge in [-0.2, -0.15) is 0 Å². The van der Waals surface area contributed by atoms with Crippen molar-refractivity contribution in [3.8, 4) is 0 Å². The molecule has 0 saturated heterocycles. The van der Waals surface area contributed by atoms with Crippen molar-refractivity contribution in [2.24, 2.45) is 0 Å². The molecule has 4 N–H and O–H groups in total. The summed E-state index contributed by atoms with van der Waals surface area (Å²) in [5.41, 5.74) is 5.38. The maximum Gasteiger partial charge on any atom is 0.141 e. The van der Waals surface area contributed by atoms with Crippen LogP contribution >= 0.6 is 0 Å². The van der Waals surface area contributed by atoms with E-state index in [2.05, 4.69) is 15.3 Å². The van der Waals surface area contributed by atoms with Gasteiger partial charge in [0.15, 0.2) is 0 Å². The minimum atomic E-state index is 0.549. The highest BCUT2D eigenvalue weighted by atomic mass is 15.0. The lowest BCUT2D eigenvalue weighted by Crippen LogP contribution is -2.12. The summed E-state index contributed by atoms with van der Waals surface area (Å²) in [5, 5.41) is 3.13. The zero-order valence-electron chi connectivity index (χ0n) is 6.02. The number of nitrogens with zero attached hydrogens (tertiary/aromatic N) is 1. The number of nitrogens with two attached hydrogens (primary N) is 1. The first-order valence-electron chi connectivity index (χ1n) is 3.33. The Morgan fingerprint density at radius 2 is 2.60 bits per heavy atom. The van der Waals surface area contributed by atoms with Crippen molar-refractivity contribution >= 4 is 5.82 Å². The largest absolute Gasteiger partial charge is 0.382 e. The highest BCUT2D eigenvalue weighted by Gasteiger charge is 1.94. The second kappa shape index (κ2) is 3.22. The second-order valence-corrected chi connectivity index (χ2v) is 2.05. The molecular weight excluding hydrogens is 128 g/mol. The molecule has 56 valence electrons. The van der Waals surface area contributed by atoms with E-state index < -0.39 is 0 Å². The van der Waals surface area contributed by atoms with Gasteiger partial charge < -0.3 is 16.0 Å². The van der Waals surface area contributed by atoms with Crippen molar-refractivity contribution in [3.63, 3.8) is 0 Å². The van der Waals surface area contributed by atoms with Crippen LogP contribution in [0.3, 0.4) is 0 Å². The van der Waals surface area contributed by atoms with Gasteiger partial charge in [0.1, 0.15) is 11.6 Å². The van der Waals surface area contributed by atoms with E-state index >= 15 is 0 Å². The Kier molecular flexibility index (Phi) is 2.28. The zero-order valence-corrected chi connectivity index (χ0v) is 6.02. The minimum Gasteiger partial charge on any atom is -0.382 e. The van der Waals surface area contributed by atoms with Crippen molar-refractivity contribution < 1.29 is 0 Å². The molecular formula is C6H12N4. The number of imidazole rings is 1. The monoisotopic (exact) mass is 140 g/mol. The van der Waals surface area contributed by atoms with Crippen LogP contribution in [0.5, 0.6) is 0 Å². The summed E-state index contributed by atoms with van der Waals surface area (Å²) in [6.45, 7) is 3.75. The Balaban J connectivity index is 2.42. The second-order valence-electron chi connectivity index (χ2n) is 2.05. The number of rotatable bonds is 3. The molecule has 1 aromatic heterocycles. The lowest BCUT2D eigenvalue weighted by atomic mass is 10.6. The number of anilines is 1. The van der Waals surface area contributed by atoms with E-state index in [1.54, 1.807) is 6.20 Å². The molecule has 0 bridgehead atoms. The molecule has 0 aliphatic heterocycles. The first-order valence-corrected chi connectivity index (χ1v) is 3.33. The number of hydrogen-bond donors (Lipinski definition) is 3. The molecule has 0 aliphatic rings. The van der Waals surface area contributed by atoms with Crippen LogP contribution in [0.15, 0.2) is 6.20 Å². The highest BCUT2D eigenvalue weighted by molar-refractivity contribution is 5.24. The molecule has 0 unspecified atom stereocenters. The van der Waals surface area contributed by atoms with Crippen LogP contribution in [-0.4, -0.2) is 16.5 Å². The maximum absolute atomic E-state index is 5.38. The average molecular weight is 140 g/mol. The summed E-state index contributed by atoms with van der Waals surface area (Å²) in [6.07, 6.45) is 1.69. The molecule has 4 nitrogen and oxygen atoms in total. The third-order valence-corrected chi connectivity index (χ3v) is 1.19. The molecule has 0 saturated carbocycles. The molecule has 1 aromatic rings. The van der Waals surface area contributed by atoms with E-state index in [-0.39, 0.29) is 0 Å². The van der Waals surface area contributed by atoms with Crippen LogP contribution in [-0.2, 0) is 6.54 Å². The van der Waals surface area contributed by atoms with Gasteiger partial charge in [0.25, 0.3) is 0 Å². The van der Waals surface area contributed by atoms with E-state index in [0.29, 0.717) is 5.82 Å². The normalized spacial score (nSPS) is 10.1. The van der Waals surface area contributed by atoms with Gasteiger partial charge in [-0.05, 0) is 6.54 Å². The topological polar surface area (TPSA) is 66.7 Å². The van der Waals surface area contributed by atoms with Crippen LogP contribution in [0.4, 0.5) is 5.82 Å². The lowest BCUT2D eigenvalue weighted by molar-refractivity contribution is 0.698. The van der Waals surface area contributed by atoms with E-state index in [1.165, 1.54) is 0 Å². The fraction of sp³-hybridized carbons (Fsp3) is 0.500. The summed E-state index contributed by atoms with van der Waals surface area (Å²) in [7, 11) is 0. The van der Waals surface area contributed by atoms with Crippen LogP contribution in [0.25, 0.3) is 0 Å². The highest BCUT2D eigenvalue weighted by Crippen LogP contribution is 1.95. The van der Waals surface area contributed by atoms with E-state index in [9.17, 15) is 0 Å². The molecule has 0 radical (unpaired) electrons. The third kappa shape index (κ3) is 1.73. The Labute approximate surface area is 59.8 Å². The van der Waals surface area contributed by atoms with Crippen LogP contribution in [0.2, 0.25) is 0 Å². The average Bonchev–Trinajstić information content (AvgIpc) is 2.31.